The van der Waals surface area contributed by atoms with E-state index in [1.165, 1.54) is 0 Å². The van der Waals surface area contributed by atoms with Gasteiger partial charge >= 0.3 is 0 Å². The van der Waals surface area contributed by atoms with Crippen LogP contribution in [-0.4, -0.2) is 62.8 Å². The summed E-state index contributed by atoms with van der Waals surface area (Å²) in [5.41, 5.74) is 0. The molecule has 5 heteroatoms. The van der Waals surface area contributed by atoms with Crippen molar-refractivity contribution < 1.29 is 9.53 Å². The summed E-state index contributed by atoms with van der Waals surface area (Å²) in [6.07, 6.45) is 0.883. The van der Waals surface area contributed by atoms with Gasteiger partial charge in [-0.15, -0.1) is 0 Å². The van der Waals surface area contributed by atoms with E-state index in [-0.39, 0.29) is 11.9 Å². The highest BCUT2D eigenvalue weighted by atomic mass is 16.5. The van der Waals surface area contributed by atoms with Gasteiger partial charge in [-0.05, 0) is 20.3 Å². The molecule has 1 aliphatic rings. The predicted octanol–water partition coefficient (Wildman–Crippen LogP) is -0.177. The van der Waals surface area contributed by atoms with Crippen LogP contribution in [0.5, 0.6) is 0 Å². The number of ether oxygens (including phenoxy) is 1. The molecule has 5 nitrogen and oxygen atoms in total. The largest absolute Gasteiger partial charge is 0.382 e. The van der Waals surface area contributed by atoms with Crippen LogP contribution in [0.1, 0.15) is 20.3 Å². The molecule has 1 saturated heterocycles. The molecular weight excluding hydrogens is 218 g/mol. The van der Waals surface area contributed by atoms with Crippen LogP contribution in [0.2, 0.25) is 0 Å². The molecule has 1 aliphatic heterocycles. The number of carbonyl (C=O) groups excluding carboxylic acids is 1. The molecule has 1 fully saturated rings. The zero-order valence-corrected chi connectivity index (χ0v) is 11.0. The summed E-state index contributed by atoms with van der Waals surface area (Å²) < 4.78 is 5.22. The van der Waals surface area contributed by atoms with Gasteiger partial charge in [0.05, 0.1) is 6.04 Å². The summed E-state index contributed by atoms with van der Waals surface area (Å²) in [6, 6.07) is -0.0239. The van der Waals surface area contributed by atoms with E-state index in [9.17, 15) is 4.79 Å². The molecular formula is C12H25N3O2. The van der Waals surface area contributed by atoms with Crippen LogP contribution in [0.25, 0.3) is 0 Å². The lowest BCUT2D eigenvalue weighted by Crippen LogP contribution is -2.52. The number of amides is 1. The molecule has 0 radical (unpaired) electrons. The Bertz CT molecular complexity index is 218. The van der Waals surface area contributed by atoms with Crippen LogP contribution in [0.3, 0.4) is 0 Å². The molecule has 1 amide bonds. The minimum absolute atomic E-state index is 0.0239. The molecule has 0 spiro atoms. The number of nitrogens with zero attached hydrogens (tertiary/aromatic N) is 1. The van der Waals surface area contributed by atoms with Crippen molar-refractivity contribution in [3.63, 3.8) is 0 Å². The van der Waals surface area contributed by atoms with E-state index in [0.717, 1.165) is 45.8 Å². The molecule has 1 rings (SSSR count). The Hall–Kier alpha value is -0.650. The Morgan fingerprint density at radius 1 is 1.47 bits per heavy atom. The first-order valence-electron chi connectivity index (χ1n) is 6.56. The van der Waals surface area contributed by atoms with Crippen LogP contribution in [-0.2, 0) is 9.53 Å². The fraction of sp³-hybridized carbons (Fsp3) is 0.917. The first-order valence-corrected chi connectivity index (χ1v) is 6.56. The van der Waals surface area contributed by atoms with E-state index in [2.05, 4.69) is 15.5 Å². The fourth-order valence-corrected chi connectivity index (χ4v) is 1.91. The van der Waals surface area contributed by atoms with Crippen LogP contribution < -0.4 is 10.6 Å². The molecule has 0 bridgehead atoms. The van der Waals surface area contributed by atoms with Gasteiger partial charge in [0.1, 0.15) is 0 Å². The lowest BCUT2D eigenvalue weighted by molar-refractivity contribution is -0.126. The van der Waals surface area contributed by atoms with Crippen LogP contribution in [0.4, 0.5) is 0 Å². The van der Waals surface area contributed by atoms with E-state index < -0.39 is 0 Å². The average molecular weight is 243 g/mol. The highest BCUT2D eigenvalue weighted by molar-refractivity contribution is 5.81. The molecule has 1 heterocycles. The Labute approximate surface area is 104 Å². The third-order valence-electron chi connectivity index (χ3n) is 3.05. The molecule has 0 aliphatic carbocycles. The molecule has 17 heavy (non-hydrogen) atoms. The number of piperazine rings is 1. The van der Waals surface area contributed by atoms with E-state index >= 15 is 0 Å². The van der Waals surface area contributed by atoms with E-state index in [1.54, 1.807) is 0 Å². The number of hydrogen-bond acceptors (Lipinski definition) is 4. The van der Waals surface area contributed by atoms with Crippen LogP contribution in [0, 0.1) is 0 Å². The molecule has 1 atom stereocenters. The summed E-state index contributed by atoms with van der Waals surface area (Å²) in [7, 11) is 0. The lowest BCUT2D eigenvalue weighted by Gasteiger charge is -2.31. The van der Waals surface area contributed by atoms with Gasteiger partial charge in [-0.2, -0.15) is 0 Å². The van der Waals surface area contributed by atoms with Gasteiger partial charge in [0.2, 0.25) is 5.91 Å². The van der Waals surface area contributed by atoms with Crippen molar-refractivity contribution in [1.29, 1.82) is 0 Å². The highest BCUT2D eigenvalue weighted by Gasteiger charge is 2.21. The molecule has 2 N–H and O–H groups in total. The Morgan fingerprint density at radius 2 is 2.18 bits per heavy atom. The van der Waals surface area contributed by atoms with E-state index in [1.807, 2.05) is 13.8 Å². The molecule has 0 aromatic heterocycles. The SMILES string of the molecule is CCOCCCNC(=O)C(C)N1CCNCC1. The first-order chi connectivity index (χ1) is 8.25. The predicted molar refractivity (Wildman–Crippen MR) is 68.0 cm³/mol. The summed E-state index contributed by atoms with van der Waals surface area (Å²) in [5.74, 6) is 0.128. The third kappa shape index (κ3) is 5.48. The van der Waals surface area contributed by atoms with Crippen LogP contribution >= 0.6 is 0 Å². The Kier molecular flexibility index (Phi) is 7.16. The quantitative estimate of drug-likeness (QED) is 0.609. The summed E-state index contributed by atoms with van der Waals surface area (Å²) in [4.78, 5) is 14.1. The zero-order chi connectivity index (χ0) is 12.5. The van der Waals surface area contributed by atoms with Crippen LogP contribution in [0.15, 0.2) is 0 Å². The number of carbonyl (C=O) groups is 1. The van der Waals surface area contributed by atoms with Crippen molar-refractivity contribution in [3.05, 3.63) is 0 Å². The van der Waals surface area contributed by atoms with Crippen molar-refractivity contribution >= 4 is 5.91 Å². The summed E-state index contributed by atoms with van der Waals surface area (Å²) >= 11 is 0. The van der Waals surface area contributed by atoms with E-state index in [4.69, 9.17) is 4.74 Å². The van der Waals surface area contributed by atoms with Crippen molar-refractivity contribution in [1.82, 2.24) is 15.5 Å². The van der Waals surface area contributed by atoms with Crippen molar-refractivity contribution in [2.75, 3.05) is 45.9 Å². The van der Waals surface area contributed by atoms with Gasteiger partial charge in [-0.3, -0.25) is 9.69 Å². The minimum Gasteiger partial charge on any atom is -0.382 e. The Morgan fingerprint density at radius 3 is 2.82 bits per heavy atom. The number of rotatable bonds is 7. The molecule has 0 saturated carbocycles. The molecule has 100 valence electrons. The average Bonchev–Trinajstić information content (AvgIpc) is 2.38. The number of nitrogens with one attached hydrogen (secondary N) is 2. The van der Waals surface area contributed by atoms with Gasteiger partial charge in [-0.25, -0.2) is 0 Å². The highest BCUT2D eigenvalue weighted by Crippen LogP contribution is 2.00. The van der Waals surface area contributed by atoms with Crippen molar-refractivity contribution in [3.8, 4) is 0 Å². The second kappa shape index (κ2) is 8.44. The third-order valence-corrected chi connectivity index (χ3v) is 3.05. The second-order valence-corrected chi connectivity index (χ2v) is 4.30. The molecule has 0 aromatic carbocycles. The number of hydrogen-bond donors (Lipinski definition) is 2. The fourth-order valence-electron chi connectivity index (χ4n) is 1.91. The van der Waals surface area contributed by atoms with E-state index in [0.29, 0.717) is 6.54 Å². The second-order valence-electron chi connectivity index (χ2n) is 4.30. The monoisotopic (exact) mass is 243 g/mol. The Balaban J connectivity index is 2.13. The summed E-state index contributed by atoms with van der Waals surface area (Å²) in [6.45, 7) is 9.97. The first kappa shape index (κ1) is 14.4. The maximum Gasteiger partial charge on any atom is 0.237 e. The lowest BCUT2D eigenvalue weighted by atomic mass is 10.2. The smallest absolute Gasteiger partial charge is 0.237 e. The standard InChI is InChI=1S/C12H25N3O2/c1-3-17-10-4-5-14-12(16)11(2)15-8-6-13-7-9-15/h11,13H,3-10H2,1-2H3,(H,14,16). The minimum atomic E-state index is -0.0239. The van der Waals surface area contributed by atoms with Gasteiger partial charge in [0.25, 0.3) is 0 Å². The molecule has 0 aromatic rings. The maximum absolute atomic E-state index is 11.9. The maximum atomic E-state index is 11.9. The zero-order valence-electron chi connectivity index (χ0n) is 11.0. The topological polar surface area (TPSA) is 53.6 Å². The molecule has 1 unspecified atom stereocenters. The van der Waals surface area contributed by atoms with Gasteiger partial charge in [0.15, 0.2) is 0 Å². The summed E-state index contributed by atoms with van der Waals surface area (Å²) in [5, 5.41) is 6.24. The van der Waals surface area contributed by atoms with Gasteiger partial charge in [0, 0.05) is 45.9 Å². The normalized spacial score (nSPS) is 18.9. The van der Waals surface area contributed by atoms with Gasteiger partial charge in [-0.1, -0.05) is 0 Å². The van der Waals surface area contributed by atoms with Crippen molar-refractivity contribution in [2.24, 2.45) is 0 Å². The van der Waals surface area contributed by atoms with Gasteiger partial charge < -0.3 is 15.4 Å². The van der Waals surface area contributed by atoms with Crippen molar-refractivity contribution in [2.45, 2.75) is 26.3 Å².